The minimum Gasteiger partial charge on any atom is -0.488 e. The minimum atomic E-state index is 0.191. The van der Waals surface area contributed by atoms with Gasteiger partial charge >= 0.3 is 0 Å². The second kappa shape index (κ2) is 5.71. The maximum absolute atomic E-state index is 6.09. The fourth-order valence-electron chi connectivity index (χ4n) is 3.42. The number of hydrogen-bond acceptors (Lipinski definition) is 4. The van der Waals surface area contributed by atoms with Gasteiger partial charge in [-0.2, -0.15) is 0 Å². The molecule has 0 bridgehead atoms. The second-order valence-electron chi connectivity index (χ2n) is 6.07. The highest BCUT2D eigenvalue weighted by molar-refractivity contribution is 5.46. The SMILES string of the molecule is Cc1ccc2c(c1)OCc1cccnc1C2N1CCNCC1. The number of nitrogens with one attached hydrogen (secondary N) is 1. The molecule has 1 unspecified atom stereocenters. The molecule has 1 aromatic heterocycles. The largest absolute Gasteiger partial charge is 0.488 e. The van der Waals surface area contributed by atoms with Crippen LogP contribution in [-0.4, -0.2) is 36.1 Å². The Morgan fingerprint density at radius 3 is 2.95 bits per heavy atom. The van der Waals surface area contributed by atoms with Crippen molar-refractivity contribution in [2.24, 2.45) is 0 Å². The lowest BCUT2D eigenvalue weighted by atomic mass is 9.96. The van der Waals surface area contributed by atoms with Crippen LogP contribution < -0.4 is 10.1 Å². The summed E-state index contributed by atoms with van der Waals surface area (Å²) in [6, 6.07) is 10.9. The molecule has 3 heterocycles. The predicted molar refractivity (Wildman–Crippen MR) is 86.0 cm³/mol. The highest BCUT2D eigenvalue weighted by atomic mass is 16.5. The van der Waals surface area contributed by atoms with Gasteiger partial charge in [0.15, 0.2) is 0 Å². The van der Waals surface area contributed by atoms with E-state index >= 15 is 0 Å². The number of fused-ring (bicyclic) bond motifs is 2. The molecular weight excluding hydrogens is 274 g/mol. The lowest BCUT2D eigenvalue weighted by Gasteiger charge is -2.35. The van der Waals surface area contributed by atoms with E-state index in [1.54, 1.807) is 0 Å². The summed E-state index contributed by atoms with van der Waals surface area (Å²) < 4.78 is 6.09. The van der Waals surface area contributed by atoms with E-state index in [0.29, 0.717) is 6.61 Å². The van der Waals surface area contributed by atoms with E-state index in [9.17, 15) is 0 Å². The Kier molecular flexibility index (Phi) is 3.56. The Labute approximate surface area is 131 Å². The molecule has 22 heavy (non-hydrogen) atoms. The standard InChI is InChI=1S/C18H21N3O/c1-13-4-5-15-16(11-13)22-12-14-3-2-6-20-17(14)18(15)21-9-7-19-8-10-21/h2-6,11,18-19H,7-10,12H2,1H3. The summed E-state index contributed by atoms with van der Waals surface area (Å²) in [5, 5.41) is 3.43. The summed E-state index contributed by atoms with van der Waals surface area (Å²) in [7, 11) is 0. The van der Waals surface area contributed by atoms with Gasteiger partial charge in [-0.25, -0.2) is 0 Å². The van der Waals surface area contributed by atoms with Gasteiger partial charge in [0, 0.05) is 43.5 Å². The topological polar surface area (TPSA) is 37.4 Å². The molecule has 4 heteroatoms. The highest BCUT2D eigenvalue weighted by Crippen LogP contribution is 2.39. The minimum absolute atomic E-state index is 0.191. The van der Waals surface area contributed by atoms with Crippen LogP contribution >= 0.6 is 0 Å². The number of nitrogens with zero attached hydrogens (tertiary/aromatic N) is 2. The Morgan fingerprint density at radius 2 is 2.09 bits per heavy atom. The van der Waals surface area contributed by atoms with Crippen LogP contribution in [0.1, 0.15) is 28.4 Å². The smallest absolute Gasteiger partial charge is 0.125 e. The van der Waals surface area contributed by atoms with Crippen LogP contribution in [-0.2, 0) is 6.61 Å². The first kappa shape index (κ1) is 13.7. The van der Waals surface area contributed by atoms with Crippen LogP contribution in [0.15, 0.2) is 36.5 Å². The molecule has 1 atom stereocenters. The molecule has 4 nitrogen and oxygen atoms in total. The van der Waals surface area contributed by atoms with Gasteiger partial charge in [0.2, 0.25) is 0 Å². The zero-order valence-corrected chi connectivity index (χ0v) is 12.9. The predicted octanol–water partition coefficient (Wildman–Crippen LogP) is 2.28. The lowest BCUT2D eigenvalue weighted by molar-refractivity contribution is 0.194. The number of rotatable bonds is 1. The first-order valence-electron chi connectivity index (χ1n) is 7.95. The van der Waals surface area contributed by atoms with Crippen molar-refractivity contribution in [3.05, 3.63) is 58.9 Å². The molecule has 2 aromatic rings. The zero-order chi connectivity index (χ0) is 14.9. The Morgan fingerprint density at radius 1 is 1.23 bits per heavy atom. The molecule has 0 aliphatic carbocycles. The summed E-state index contributed by atoms with van der Waals surface area (Å²) in [4.78, 5) is 7.23. The van der Waals surface area contributed by atoms with Gasteiger partial charge in [0.25, 0.3) is 0 Å². The fraction of sp³-hybridized carbons (Fsp3) is 0.389. The van der Waals surface area contributed by atoms with Gasteiger partial charge < -0.3 is 10.1 Å². The first-order valence-corrected chi connectivity index (χ1v) is 7.95. The quantitative estimate of drug-likeness (QED) is 0.876. The van der Waals surface area contributed by atoms with E-state index in [1.807, 2.05) is 12.3 Å². The number of aryl methyl sites for hydroxylation is 1. The van der Waals surface area contributed by atoms with E-state index in [0.717, 1.165) is 37.6 Å². The van der Waals surface area contributed by atoms with E-state index in [4.69, 9.17) is 9.72 Å². The van der Waals surface area contributed by atoms with Crippen molar-refractivity contribution in [1.82, 2.24) is 15.2 Å². The van der Waals surface area contributed by atoms with Crippen LogP contribution in [0, 0.1) is 6.92 Å². The molecule has 0 amide bonds. The first-order chi connectivity index (χ1) is 10.8. The molecule has 1 fully saturated rings. The Bertz CT molecular complexity index is 680. The molecule has 114 valence electrons. The normalized spacial score (nSPS) is 21.4. The maximum atomic E-state index is 6.09. The van der Waals surface area contributed by atoms with Gasteiger partial charge in [0.1, 0.15) is 12.4 Å². The lowest BCUT2D eigenvalue weighted by Crippen LogP contribution is -2.45. The molecule has 4 rings (SSSR count). The van der Waals surface area contributed by atoms with Crippen molar-refractivity contribution in [2.45, 2.75) is 19.6 Å². The average Bonchev–Trinajstić information content (AvgIpc) is 2.72. The molecule has 0 radical (unpaired) electrons. The van der Waals surface area contributed by atoms with Crippen LogP contribution in [0.5, 0.6) is 5.75 Å². The van der Waals surface area contributed by atoms with E-state index in [2.05, 4.69) is 41.4 Å². The summed E-state index contributed by atoms with van der Waals surface area (Å²) >= 11 is 0. The third-order valence-corrected chi connectivity index (χ3v) is 4.55. The summed E-state index contributed by atoms with van der Waals surface area (Å²) in [6.07, 6.45) is 1.90. The van der Waals surface area contributed by atoms with Gasteiger partial charge in [0.05, 0.1) is 11.7 Å². The highest BCUT2D eigenvalue weighted by Gasteiger charge is 2.31. The van der Waals surface area contributed by atoms with Crippen molar-refractivity contribution in [1.29, 1.82) is 0 Å². The Balaban J connectivity index is 1.86. The molecular formula is C18H21N3O. The van der Waals surface area contributed by atoms with Gasteiger partial charge in [-0.1, -0.05) is 18.2 Å². The van der Waals surface area contributed by atoms with Crippen molar-refractivity contribution in [3.63, 3.8) is 0 Å². The van der Waals surface area contributed by atoms with Gasteiger partial charge in [-0.15, -0.1) is 0 Å². The van der Waals surface area contributed by atoms with Crippen LogP contribution in [0.3, 0.4) is 0 Å². The van der Waals surface area contributed by atoms with Crippen molar-refractivity contribution < 1.29 is 4.74 Å². The molecule has 2 aliphatic heterocycles. The number of piperazine rings is 1. The van der Waals surface area contributed by atoms with Crippen molar-refractivity contribution in [2.75, 3.05) is 26.2 Å². The van der Waals surface area contributed by atoms with E-state index < -0.39 is 0 Å². The van der Waals surface area contributed by atoms with Crippen LogP contribution in [0.2, 0.25) is 0 Å². The molecule has 1 saturated heterocycles. The summed E-state index contributed by atoms with van der Waals surface area (Å²) in [5.41, 5.74) is 4.81. The number of ether oxygens (including phenoxy) is 1. The molecule has 0 spiro atoms. The molecule has 1 aromatic carbocycles. The maximum Gasteiger partial charge on any atom is 0.125 e. The fourth-order valence-corrected chi connectivity index (χ4v) is 3.42. The Hall–Kier alpha value is -1.91. The number of pyridine rings is 1. The van der Waals surface area contributed by atoms with Crippen molar-refractivity contribution in [3.8, 4) is 5.75 Å². The zero-order valence-electron chi connectivity index (χ0n) is 12.9. The van der Waals surface area contributed by atoms with Gasteiger partial charge in [-0.3, -0.25) is 9.88 Å². The van der Waals surface area contributed by atoms with Crippen LogP contribution in [0.25, 0.3) is 0 Å². The van der Waals surface area contributed by atoms with Crippen LogP contribution in [0.4, 0.5) is 0 Å². The second-order valence-corrected chi connectivity index (χ2v) is 6.07. The molecule has 2 aliphatic rings. The van der Waals surface area contributed by atoms with Crippen molar-refractivity contribution >= 4 is 0 Å². The van der Waals surface area contributed by atoms with Gasteiger partial charge in [-0.05, 0) is 24.6 Å². The summed E-state index contributed by atoms with van der Waals surface area (Å²) in [6.45, 7) is 6.84. The molecule has 1 N–H and O–H groups in total. The van der Waals surface area contributed by atoms with E-state index in [1.165, 1.54) is 16.7 Å². The number of hydrogen-bond donors (Lipinski definition) is 1. The number of aromatic nitrogens is 1. The monoisotopic (exact) mass is 295 g/mol. The van der Waals surface area contributed by atoms with E-state index in [-0.39, 0.29) is 6.04 Å². The average molecular weight is 295 g/mol. The molecule has 0 saturated carbocycles. The summed E-state index contributed by atoms with van der Waals surface area (Å²) in [5.74, 6) is 1.00. The number of benzene rings is 1. The third kappa shape index (κ3) is 2.38. The third-order valence-electron chi connectivity index (χ3n) is 4.55.